The lowest BCUT2D eigenvalue weighted by Gasteiger charge is -2.12. The van der Waals surface area contributed by atoms with Crippen molar-refractivity contribution in [1.82, 2.24) is 10.3 Å². The van der Waals surface area contributed by atoms with Gasteiger partial charge >= 0.3 is 0 Å². The first kappa shape index (κ1) is 17.1. The van der Waals surface area contributed by atoms with Gasteiger partial charge in [-0.1, -0.05) is 31.1 Å². The highest BCUT2D eigenvalue weighted by Crippen LogP contribution is 2.35. The van der Waals surface area contributed by atoms with Crippen LogP contribution in [0.4, 0.5) is 0 Å². The average Bonchev–Trinajstić information content (AvgIpc) is 3.11. The van der Waals surface area contributed by atoms with Gasteiger partial charge in [0.1, 0.15) is 0 Å². The van der Waals surface area contributed by atoms with Crippen LogP contribution in [0.3, 0.4) is 0 Å². The molecule has 0 atom stereocenters. The number of aromatic nitrogens is 1. The zero-order chi connectivity index (χ0) is 17.6. The molecule has 2 aliphatic rings. The number of hydrogen-bond acceptors (Lipinski definition) is 4. The lowest BCUT2D eigenvalue weighted by atomic mass is 9.97. The Labute approximate surface area is 155 Å². The van der Waals surface area contributed by atoms with Crippen molar-refractivity contribution < 1.29 is 9.47 Å². The predicted molar refractivity (Wildman–Crippen MR) is 103 cm³/mol. The third kappa shape index (κ3) is 4.07. The standard InChI is InChI=1S/C22H26N2O2/c1-2-4-7-18(8-5-3-1)20-13-17(11-12-24-20)14-23-15-19-9-6-10-21-22(19)26-16-25-21/h6-7,9-13,23H,1-5,8,14-16H2. The number of benzene rings is 1. The minimum absolute atomic E-state index is 0.315. The predicted octanol–water partition coefficient (Wildman–Crippen LogP) is 4.84. The zero-order valence-electron chi connectivity index (χ0n) is 15.2. The molecule has 0 fully saturated rings. The first-order valence-corrected chi connectivity index (χ1v) is 9.63. The van der Waals surface area contributed by atoms with Gasteiger partial charge in [-0.25, -0.2) is 0 Å². The summed E-state index contributed by atoms with van der Waals surface area (Å²) in [5.41, 5.74) is 4.96. The number of allylic oxidation sites excluding steroid dienone is 2. The smallest absolute Gasteiger partial charge is 0.231 e. The van der Waals surface area contributed by atoms with Crippen molar-refractivity contribution in [3.63, 3.8) is 0 Å². The van der Waals surface area contributed by atoms with Gasteiger partial charge < -0.3 is 14.8 Å². The molecule has 0 saturated heterocycles. The maximum Gasteiger partial charge on any atom is 0.231 e. The van der Waals surface area contributed by atoms with Crippen molar-refractivity contribution in [1.29, 1.82) is 0 Å². The Balaban J connectivity index is 1.39. The molecule has 1 aromatic carbocycles. The number of nitrogens with zero attached hydrogens (tertiary/aromatic N) is 1. The molecule has 0 radical (unpaired) electrons. The second kappa shape index (κ2) is 8.37. The van der Waals surface area contributed by atoms with E-state index in [1.54, 1.807) is 0 Å². The second-order valence-corrected chi connectivity index (χ2v) is 6.99. The van der Waals surface area contributed by atoms with E-state index < -0.39 is 0 Å². The molecule has 4 nitrogen and oxygen atoms in total. The third-order valence-electron chi connectivity index (χ3n) is 5.07. The lowest BCUT2D eigenvalue weighted by molar-refractivity contribution is 0.173. The normalized spacial score (nSPS) is 16.7. The van der Waals surface area contributed by atoms with Crippen LogP contribution in [0.25, 0.3) is 5.57 Å². The molecule has 0 unspecified atom stereocenters. The second-order valence-electron chi connectivity index (χ2n) is 6.99. The van der Waals surface area contributed by atoms with E-state index in [1.165, 1.54) is 43.2 Å². The summed E-state index contributed by atoms with van der Waals surface area (Å²) < 4.78 is 11.0. The van der Waals surface area contributed by atoms with Gasteiger partial charge in [0.25, 0.3) is 0 Å². The summed E-state index contributed by atoms with van der Waals surface area (Å²) in [5.74, 6) is 1.71. The van der Waals surface area contributed by atoms with Crippen molar-refractivity contribution in [2.45, 2.75) is 51.6 Å². The van der Waals surface area contributed by atoms with Gasteiger partial charge in [-0.2, -0.15) is 0 Å². The first-order chi connectivity index (χ1) is 12.9. The largest absolute Gasteiger partial charge is 0.454 e. The molecular weight excluding hydrogens is 324 g/mol. The van der Waals surface area contributed by atoms with Crippen molar-refractivity contribution in [2.24, 2.45) is 0 Å². The van der Waals surface area contributed by atoms with E-state index in [9.17, 15) is 0 Å². The molecule has 1 aliphatic carbocycles. The molecule has 0 bridgehead atoms. The van der Waals surface area contributed by atoms with E-state index in [0.29, 0.717) is 6.79 Å². The molecule has 26 heavy (non-hydrogen) atoms. The highest BCUT2D eigenvalue weighted by Gasteiger charge is 2.16. The van der Waals surface area contributed by atoms with Crippen LogP contribution >= 0.6 is 0 Å². The van der Waals surface area contributed by atoms with E-state index >= 15 is 0 Å². The Morgan fingerprint density at radius 3 is 2.96 bits per heavy atom. The van der Waals surface area contributed by atoms with Crippen LogP contribution in [0, 0.1) is 0 Å². The molecule has 1 aromatic heterocycles. The van der Waals surface area contributed by atoms with Gasteiger partial charge in [-0.15, -0.1) is 0 Å². The van der Waals surface area contributed by atoms with E-state index in [2.05, 4.69) is 34.6 Å². The van der Waals surface area contributed by atoms with Crippen molar-refractivity contribution >= 4 is 5.57 Å². The van der Waals surface area contributed by atoms with E-state index in [-0.39, 0.29) is 0 Å². The number of nitrogens with one attached hydrogen (secondary N) is 1. The molecule has 4 heteroatoms. The maximum atomic E-state index is 5.57. The summed E-state index contributed by atoms with van der Waals surface area (Å²) in [6.45, 7) is 1.88. The number of ether oxygens (including phenoxy) is 2. The molecule has 0 spiro atoms. The van der Waals surface area contributed by atoms with Gasteiger partial charge in [-0.3, -0.25) is 4.98 Å². The quantitative estimate of drug-likeness (QED) is 0.838. The number of rotatable bonds is 5. The summed E-state index contributed by atoms with van der Waals surface area (Å²) >= 11 is 0. The van der Waals surface area contributed by atoms with Crippen molar-refractivity contribution in [3.05, 3.63) is 59.4 Å². The fourth-order valence-electron chi connectivity index (χ4n) is 3.66. The minimum Gasteiger partial charge on any atom is -0.454 e. The van der Waals surface area contributed by atoms with Crippen molar-refractivity contribution in [2.75, 3.05) is 6.79 Å². The molecule has 136 valence electrons. The van der Waals surface area contributed by atoms with Crippen LogP contribution in [0.1, 0.15) is 55.3 Å². The van der Waals surface area contributed by atoms with Gasteiger partial charge in [-0.05, 0) is 55.0 Å². The molecular formula is C22H26N2O2. The molecule has 1 aliphatic heterocycles. The van der Waals surface area contributed by atoms with E-state index in [4.69, 9.17) is 9.47 Å². The number of pyridine rings is 1. The highest BCUT2D eigenvalue weighted by molar-refractivity contribution is 5.63. The number of hydrogen-bond donors (Lipinski definition) is 1. The third-order valence-corrected chi connectivity index (χ3v) is 5.07. The van der Waals surface area contributed by atoms with E-state index in [0.717, 1.165) is 42.3 Å². The van der Waals surface area contributed by atoms with Crippen LogP contribution in [-0.4, -0.2) is 11.8 Å². The molecule has 0 saturated carbocycles. The van der Waals surface area contributed by atoms with Crippen LogP contribution in [0.15, 0.2) is 42.6 Å². The van der Waals surface area contributed by atoms with Gasteiger partial charge in [0.05, 0.1) is 5.69 Å². The fourth-order valence-corrected chi connectivity index (χ4v) is 3.66. The maximum absolute atomic E-state index is 5.57. The fraction of sp³-hybridized carbons (Fsp3) is 0.409. The van der Waals surface area contributed by atoms with E-state index in [1.807, 2.05) is 18.3 Å². The molecule has 2 aromatic rings. The van der Waals surface area contributed by atoms with Gasteiger partial charge in [0, 0.05) is 24.8 Å². The zero-order valence-corrected chi connectivity index (χ0v) is 15.2. The Morgan fingerprint density at radius 2 is 1.96 bits per heavy atom. The van der Waals surface area contributed by atoms with Crippen LogP contribution < -0.4 is 14.8 Å². The lowest BCUT2D eigenvalue weighted by Crippen LogP contribution is -2.13. The Morgan fingerprint density at radius 1 is 1.00 bits per heavy atom. The Bertz CT molecular complexity index is 785. The molecule has 0 amide bonds. The Kier molecular flexibility index (Phi) is 5.50. The van der Waals surface area contributed by atoms with Gasteiger partial charge in [0.2, 0.25) is 6.79 Å². The monoisotopic (exact) mass is 350 g/mol. The molecule has 1 N–H and O–H groups in total. The van der Waals surface area contributed by atoms with Crippen molar-refractivity contribution in [3.8, 4) is 11.5 Å². The summed E-state index contributed by atoms with van der Waals surface area (Å²) in [4.78, 5) is 4.62. The summed E-state index contributed by atoms with van der Waals surface area (Å²) in [6, 6.07) is 10.4. The average molecular weight is 350 g/mol. The highest BCUT2D eigenvalue weighted by atomic mass is 16.7. The summed E-state index contributed by atoms with van der Waals surface area (Å²) in [5, 5.41) is 3.52. The number of para-hydroxylation sites is 1. The first-order valence-electron chi connectivity index (χ1n) is 9.63. The molecule has 4 rings (SSSR count). The van der Waals surface area contributed by atoms with Crippen LogP contribution in [0.2, 0.25) is 0 Å². The summed E-state index contributed by atoms with van der Waals surface area (Å²) in [7, 11) is 0. The summed E-state index contributed by atoms with van der Waals surface area (Å²) in [6.07, 6.45) is 11.9. The van der Waals surface area contributed by atoms with Crippen LogP contribution in [0.5, 0.6) is 11.5 Å². The number of fused-ring (bicyclic) bond motifs is 1. The van der Waals surface area contributed by atoms with Crippen LogP contribution in [-0.2, 0) is 13.1 Å². The SMILES string of the molecule is C1=C(c2cc(CNCc3cccc4c3OCO4)ccn2)CCCCCC1. The molecule has 2 heterocycles. The van der Waals surface area contributed by atoms with Gasteiger partial charge in [0.15, 0.2) is 11.5 Å². The minimum atomic E-state index is 0.315. The topological polar surface area (TPSA) is 43.4 Å². The Hall–Kier alpha value is -2.33.